The standard InChI is InChI=1S/C12H15BrO3/c1-7-4-5-9(8(2)12(7)13)10(14)6-11(15)16-3/h4-5,10,14H,6H2,1-3H3/t10-/m0/s1. The Bertz CT molecular complexity index is 401. The molecule has 3 nitrogen and oxygen atoms in total. The summed E-state index contributed by atoms with van der Waals surface area (Å²) in [5.41, 5.74) is 2.81. The van der Waals surface area contributed by atoms with Crippen LogP contribution in [0.5, 0.6) is 0 Å². The second-order valence-corrected chi connectivity index (χ2v) is 4.50. The van der Waals surface area contributed by atoms with Crippen LogP contribution in [-0.4, -0.2) is 18.2 Å². The van der Waals surface area contributed by atoms with Crippen molar-refractivity contribution in [2.75, 3.05) is 7.11 Å². The molecule has 0 aliphatic heterocycles. The van der Waals surface area contributed by atoms with E-state index in [1.165, 1.54) is 7.11 Å². The van der Waals surface area contributed by atoms with Crippen molar-refractivity contribution in [3.05, 3.63) is 33.3 Å². The summed E-state index contributed by atoms with van der Waals surface area (Å²) in [5.74, 6) is -0.413. The van der Waals surface area contributed by atoms with Crippen molar-refractivity contribution in [1.29, 1.82) is 0 Å². The lowest BCUT2D eigenvalue weighted by atomic mass is 9.99. The topological polar surface area (TPSA) is 46.5 Å². The van der Waals surface area contributed by atoms with Crippen LogP contribution in [0.1, 0.15) is 29.2 Å². The van der Waals surface area contributed by atoms with Crippen LogP contribution in [-0.2, 0) is 9.53 Å². The molecule has 1 N–H and O–H groups in total. The highest BCUT2D eigenvalue weighted by molar-refractivity contribution is 9.10. The second kappa shape index (κ2) is 5.46. The van der Waals surface area contributed by atoms with Crippen molar-refractivity contribution in [3.63, 3.8) is 0 Å². The molecule has 1 aromatic rings. The monoisotopic (exact) mass is 286 g/mol. The molecule has 1 rings (SSSR count). The summed E-state index contributed by atoms with van der Waals surface area (Å²) in [6, 6.07) is 3.75. The lowest BCUT2D eigenvalue weighted by molar-refractivity contribution is -0.142. The van der Waals surface area contributed by atoms with Gasteiger partial charge in [0, 0.05) is 4.47 Å². The molecule has 0 aliphatic carbocycles. The Morgan fingerprint density at radius 1 is 1.50 bits per heavy atom. The molecule has 0 amide bonds. The van der Waals surface area contributed by atoms with E-state index in [4.69, 9.17) is 0 Å². The minimum Gasteiger partial charge on any atom is -0.469 e. The normalized spacial score (nSPS) is 12.3. The van der Waals surface area contributed by atoms with Gasteiger partial charge in [0.15, 0.2) is 0 Å². The van der Waals surface area contributed by atoms with Crippen molar-refractivity contribution in [2.24, 2.45) is 0 Å². The first-order valence-electron chi connectivity index (χ1n) is 4.97. The fourth-order valence-corrected chi connectivity index (χ4v) is 1.91. The number of halogens is 1. The third kappa shape index (κ3) is 2.83. The molecule has 0 aromatic heterocycles. The van der Waals surface area contributed by atoms with Crippen molar-refractivity contribution in [2.45, 2.75) is 26.4 Å². The van der Waals surface area contributed by atoms with Gasteiger partial charge in [-0.3, -0.25) is 4.79 Å². The van der Waals surface area contributed by atoms with Gasteiger partial charge in [-0.1, -0.05) is 28.1 Å². The molecule has 0 radical (unpaired) electrons. The summed E-state index contributed by atoms with van der Waals surface area (Å²) in [6.07, 6.45) is -0.836. The Balaban J connectivity index is 2.96. The Labute approximate surface area is 104 Å². The van der Waals surface area contributed by atoms with Gasteiger partial charge in [-0.25, -0.2) is 0 Å². The molecule has 0 saturated carbocycles. The summed E-state index contributed by atoms with van der Waals surface area (Å²) in [7, 11) is 1.31. The van der Waals surface area contributed by atoms with Gasteiger partial charge in [-0.15, -0.1) is 0 Å². The molecule has 0 fully saturated rings. The molecule has 0 saturated heterocycles. The molecule has 16 heavy (non-hydrogen) atoms. The minimum absolute atomic E-state index is 0.0210. The number of rotatable bonds is 3. The maximum Gasteiger partial charge on any atom is 0.308 e. The molecular weight excluding hydrogens is 272 g/mol. The van der Waals surface area contributed by atoms with E-state index in [-0.39, 0.29) is 6.42 Å². The fraction of sp³-hybridized carbons (Fsp3) is 0.417. The van der Waals surface area contributed by atoms with Gasteiger partial charge in [0.1, 0.15) is 0 Å². The van der Waals surface area contributed by atoms with Crippen LogP contribution in [0.25, 0.3) is 0 Å². The zero-order valence-corrected chi connectivity index (χ0v) is 11.2. The third-order valence-electron chi connectivity index (χ3n) is 2.57. The predicted octanol–water partition coefficient (Wildman–Crippen LogP) is 2.66. The zero-order chi connectivity index (χ0) is 12.3. The van der Waals surface area contributed by atoms with Gasteiger partial charge in [-0.2, -0.15) is 0 Å². The number of hydrogen-bond donors (Lipinski definition) is 1. The molecular formula is C12H15BrO3. The van der Waals surface area contributed by atoms with E-state index in [1.807, 2.05) is 26.0 Å². The number of carbonyl (C=O) groups is 1. The molecule has 1 atom stereocenters. The molecule has 0 spiro atoms. The third-order valence-corrected chi connectivity index (χ3v) is 3.79. The van der Waals surface area contributed by atoms with Gasteiger partial charge in [0.2, 0.25) is 0 Å². The van der Waals surface area contributed by atoms with Crippen LogP contribution in [0.3, 0.4) is 0 Å². The van der Waals surface area contributed by atoms with Crippen LogP contribution >= 0.6 is 15.9 Å². The smallest absolute Gasteiger partial charge is 0.308 e. The van der Waals surface area contributed by atoms with Gasteiger partial charge in [0.25, 0.3) is 0 Å². The first kappa shape index (κ1) is 13.2. The lowest BCUT2D eigenvalue weighted by Crippen LogP contribution is -2.09. The zero-order valence-electron chi connectivity index (χ0n) is 9.58. The first-order chi connectivity index (χ1) is 7.47. The van der Waals surface area contributed by atoms with Gasteiger partial charge in [0.05, 0.1) is 19.6 Å². The number of aryl methyl sites for hydroxylation is 1. The molecule has 0 heterocycles. The highest BCUT2D eigenvalue weighted by Crippen LogP contribution is 2.29. The number of ether oxygens (including phenoxy) is 1. The van der Waals surface area contributed by atoms with E-state index < -0.39 is 12.1 Å². The number of aliphatic hydroxyl groups is 1. The van der Waals surface area contributed by atoms with Crippen molar-refractivity contribution >= 4 is 21.9 Å². The van der Waals surface area contributed by atoms with Crippen LogP contribution in [0.15, 0.2) is 16.6 Å². The van der Waals surface area contributed by atoms with E-state index in [0.717, 1.165) is 21.2 Å². The lowest BCUT2D eigenvalue weighted by Gasteiger charge is -2.15. The number of hydrogen-bond acceptors (Lipinski definition) is 3. The van der Waals surface area contributed by atoms with E-state index in [1.54, 1.807) is 0 Å². The molecule has 0 unspecified atom stereocenters. The second-order valence-electron chi connectivity index (χ2n) is 3.71. The van der Waals surface area contributed by atoms with Gasteiger partial charge >= 0.3 is 5.97 Å². The molecule has 0 bridgehead atoms. The maximum absolute atomic E-state index is 11.1. The fourth-order valence-electron chi connectivity index (χ4n) is 1.55. The predicted molar refractivity (Wildman–Crippen MR) is 65.2 cm³/mol. The Hall–Kier alpha value is -0.870. The molecule has 4 heteroatoms. The highest BCUT2D eigenvalue weighted by atomic mass is 79.9. The summed E-state index contributed by atoms with van der Waals surface area (Å²) < 4.78 is 5.49. The van der Waals surface area contributed by atoms with E-state index in [0.29, 0.717) is 0 Å². The summed E-state index contributed by atoms with van der Waals surface area (Å²) in [5, 5.41) is 9.90. The van der Waals surface area contributed by atoms with E-state index in [2.05, 4.69) is 20.7 Å². The minimum atomic E-state index is -0.815. The molecule has 0 aliphatic rings. The number of carbonyl (C=O) groups excluding carboxylic acids is 1. The average Bonchev–Trinajstić information content (AvgIpc) is 2.25. The number of esters is 1. The van der Waals surface area contributed by atoms with Gasteiger partial charge < -0.3 is 9.84 Å². The van der Waals surface area contributed by atoms with Crippen LogP contribution < -0.4 is 0 Å². The van der Waals surface area contributed by atoms with E-state index in [9.17, 15) is 9.90 Å². The largest absolute Gasteiger partial charge is 0.469 e. The van der Waals surface area contributed by atoms with Crippen molar-refractivity contribution < 1.29 is 14.6 Å². The van der Waals surface area contributed by atoms with Crippen LogP contribution in [0.2, 0.25) is 0 Å². The first-order valence-corrected chi connectivity index (χ1v) is 5.77. The average molecular weight is 287 g/mol. The maximum atomic E-state index is 11.1. The number of benzene rings is 1. The van der Waals surface area contributed by atoms with Crippen LogP contribution in [0, 0.1) is 13.8 Å². The quantitative estimate of drug-likeness (QED) is 0.869. The highest BCUT2D eigenvalue weighted by Gasteiger charge is 2.16. The SMILES string of the molecule is COC(=O)C[C@H](O)c1ccc(C)c(Br)c1C. The molecule has 1 aromatic carbocycles. The Morgan fingerprint density at radius 2 is 2.12 bits per heavy atom. The van der Waals surface area contributed by atoms with Crippen molar-refractivity contribution in [1.82, 2.24) is 0 Å². The summed E-state index contributed by atoms with van der Waals surface area (Å²) >= 11 is 3.45. The van der Waals surface area contributed by atoms with Gasteiger partial charge in [-0.05, 0) is 30.5 Å². The number of aliphatic hydroxyl groups excluding tert-OH is 1. The van der Waals surface area contributed by atoms with Crippen molar-refractivity contribution in [3.8, 4) is 0 Å². The van der Waals surface area contributed by atoms with E-state index >= 15 is 0 Å². The van der Waals surface area contributed by atoms with Crippen LogP contribution in [0.4, 0.5) is 0 Å². The summed E-state index contributed by atoms with van der Waals surface area (Å²) in [6.45, 7) is 3.89. The molecule has 88 valence electrons. The summed E-state index contributed by atoms with van der Waals surface area (Å²) in [4.78, 5) is 11.1. The Morgan fingerprint density at radius 3 is 2.69 bits per heavy atom. The Kier molecular flexibility index (Phi) is 4.50. The number of methoxy groups -OCH3 is 1.